The van der Waals surface area contributed by atoms with Crippen LogP contribution in [0.1, 0.15) is 33.2 Å². The molecule has 1 aromatic heterocycles. The van der Waals surface area contributed by atoms with Crippen LogP contribution in [0, 0.1) is 0 Å². The number of methoxy groups -OCH3 is 1. The summed E-state index contributed by atoms with van der Waals surface area (Å²) in [4.78, 5) is 27.2. The molecule has 3 aromatic rings. The van der Waals surface area contributed by atoms with Crippen molar-refractivity contribution in [3.63, 3.8) is 0 Å². The lowest BCUT2D eigenvalue weighted by atomic mass is 10.1. The van der Waals surface area contributed by atoms with Gasteiger partial charge < -0.3 is 14.6 Å². The van der Waals surface area contributed by atoms with Gasteiger partial charge in [-0.25, -0.2) is 9.59 Å². The fraction of sp³-hybridized carbons (Fsp3) is 0.211. The molecule has 0 saturated heterocycles. The van der Waals surface area contributed by atoms with Crippen molar-refractivity contribution in [1.29, 1.82) is 0 Å². The molecule has 0 atom stereocenters. The number of nitrogens with zero attached hydrogens (tertiary/aromatic N) is 2. The summed E-state index contributed by atoms with van der Waals surface area (Å²) < 4.78 is 12.1. The summed E-state index contributed by atoms with van der Waals surface area (Å²) in [6.07, 6.45) is 0. The molecule has 7 nitrogen and oxygen atoms in total. The van der Waals surface area contributed by atoms with Crippen LogP contribution in [0.2, 0.25) is 0 Å². The highest BCUT2D eigenvalue weighted by atomic mass is 16.5. The molecule has 0 saturated carbocycles. The van der Waals surface area contributed by atoms with Crippen molar-refractivity contribution in [3.8, 4) is 6.01 Å². The molecule has 0 bridgehead atoms. The SMILES string of the molecule is CCOc1nc2ccc(C(=O)O)cc2n1Cc1ccc(C(=O)OC)cc1. The van der Waals surface area contributed by atoms with E-state index in [1.807, 2.05) is 23.6 Å². The lowest BCUT2D eigenvalue weighted by Gasteiger charge is -2.10. The van der Waals surface area contributed by atoms with Crippen molar-refractivity contribution < 1.29 is 24.2 Å². The minimum atomic E-state index is -1.000. The zero-order chi connectivity index (χ0) is 18.7. The quantitative estimate of drug-likeness (QED) is 0.685. The number of carboxylic acids is 1. The van der Waals surface area contributed by atoms with E-state index in [-0.39, 0.29) is 5.56 Å². The monoisotopic (exact) mass is 354 g/mol. The van der Waals surface area contributed by atoms with E-state index >= 15 is 0 Å². The Balaban J connectivity index is 2.01. The number of fused-ring (bicyclic) bond motifs is 1. The maximum Gasteiger partial charge on any atom is 0.337 e. The molecule has 3 rings (SSSR count). The molecular formula is C19H18N2O5. The summed E-state index contributed by atoms with van der Waals surface area (Å²) in [6, 6.07) is 12.2. The number of aromatic nitrogens is 2. The predicted molar refractivity (Wildman–Crippen MR) is 94.7 cm³/mol. The van der Waals surface area contributed by atoms with Crippen LogP contribution < -0.4 is 4.74 Å². The second-order valence-electron chi connectivity index (χ2n) is 5.61. The molecule has 7 heteroatoms. The summed E-state index contributed by atoms with van der Waals surface area (Å²) in [5.41, 5.74) is 2.89. The van der Waals surface area contributed by atoms with E-state index in [0.717, 1.165) is 5.56 Å². The van der Waals surface area contributed by atoms with Crippen LogP contribution in [0.25, 0.3) is 11.0 Å². The average Bonchev–Trinajstić information content (AvgIpc) is 2.98. The number of carbonyl (C=O) groups excluding carboxylic acids is 1. The zero-order valence-electron chi connectivity index (χ0n) is 14.4. The van der Waals surface area contributed by atoms with Crippen LogP contribution in [0.4, 0.5) is 0 Å². The van der Waals surface area contributed by atoms with Gasteiger partial charge in [-0.1, -0.05) is 12.1 Å². The standard InChI is InChI=1S/C19H18N2O5/c1-3-26-19-20-15-9-8-14(17(22)23)10-16(15)21(19)11-12-4-6-13(7-5-12)18(24)25-2/h4-10H,3,11H2,1-2H3,(H,22,23). The normalized spacial score (nSPS) is 10.7. The molecular weight excluding hydrogens is 336 g/mol. The molecule has 0 radical (unpaired) electrons. The van der Waals surface area contributed by atoms with Gasteiger partial charge >= 0.3 is 11.9 Å². The van der Waals surface area contributed by atoms with Crippen LogP contribution in [0.15, 0.2) is 42.5 Å². The Morgan fingerprint density at radius 1 is 1.12 bits per heavy atom. The Kier molecular flexibility index (Phi) is 4.88. The molecule has 0 aliphatic carbocycles. The zero-order valence-corrected chi connectivity index (χ0v) is 14.4. The van der Waals surface area contributed by atoms with E-state index in [0.29, 0.717) is 35.8 Å². The maximum absolute atomic E-state index is 11.5. The van der Waals surface area contributed by atoms with Crippen molar-refractivity contribution in [3.05, 3.63) is 59.2 Å². The number of aromatic carboxylic acids is 1. The molecule has 0 amide bonds. The van der Waals surface area contributed by atoms with Crippen LogP contribution in [-0.4, -0.2) is 40.3 Å². The highest BCUT2D eigenvalue weighted by Gasteiger charge is 2.15. The Hall–Kier alpha value is -3.35. The van der Waals surface area contributed by atoms with Crippen LogP contribution in [0.5, 0.6) is 6.01 Å². The van der Waals surface area contributed by atoms with E-state index < -0.39 is 11.9 Å². The van der Waals surface area contributed by atoms with E-state index in [1.54, 1.807) is 24.3 Å². The van der Waals surface area contributed by atoms with Gasteiger partial charge in [-0.2, -0.15) is 4.98 Å². The lowest BCUT2D eigenvalue weighted by molar-refractivity contribution is 0.0599. The van der Waals surface area contributed by atoms with Gasteiger partial charge in [0.25, 0.3) is 6.01 Å². The summed E-state index contributed by atoms with van der Waals surface area (Å²) >= 11 is 0. The number of carboxylic acid groups (broad SMARTS) is 1. The number of esters is 1. The highest BCUT2D eigenvalue weighted by Crippen LogP contribution is 2.24. The molecule has 0 aliphatic heterocycles. The number of rotatable bonds is 6. The Bertz CT molecular complexity index is 960. The summed E-state index contributed by atoms with van der Waals surface area (Å²) in [6.45, 7) is 2.73. The summed E-state index contributed by atoms with van der Waals surface area (Å²) in [7, 11) is 1.34. The van der Waals surface area contributed by atoms with Gasteiger partial charge in [-0.15, -0.1) is 0 Å². The van der Waals surface area contributed by atoms with E-state index in [2.05, 4.69) is 4.98 Å². The van der Waals surface area contributed by atoms with Crippen molar-refractivity contribution in [2.24, 2.45) is 0 Å². The number of benzene rings is 2. The fourth-order valence-corrected chi connectivity index (χ4v) is 2.67. The summed E-state index contributed by atoms with van der Waals surface area (Å²) in [5.74, 6) is -1.40. The smallest absolute Gasteiger partial charge is 0.337 e. The van der Waals surface area contributed by atoms with E-state index in [9.17, 15) is 14.7 Å². The van der Waals surface area contributed by atoms with Crippen LogP contribution in [-0.2, 0) is 11.3 Å². The lowest BCUT2D eigenvalue weighted by Crippen LogP contribution is -2.06. The minimum absolute atomic E-state index is 0.183. The molecule has 2 aromatic carbocycles. The third-order valence-electron chi connectivity index (χ3n) is 3.95. The number of ether oxygens (including phenoxy) is 2. The van der Waals surface area contributed by atoms with Crippen LogP contribution >= 0.6 is 0 Å². The molecule has 134 valence electrons. The van der Waals surface area contributed by atoms with Gasteiger partial charge in [0.15, 0.2) is 0 Å². The molecule has 0 aliphatic rings. The topological polar surface area (TPSA) is 90.6 Å². The average molecular weight is 354 g/mol. The molecule has 1 heterocycles. The first-order valence-electron chi connectivity index (χ1n) is 8.07. The van der Waals surface area contributed by atoms with Crippen molar-refractivity contribution in [1.82, 2.24) is 9.55 Å². The number of imidazole rings is 1. The number of hydrogen-bond donors (Lipinski definition) is 1. The van der Waals surface area contributed by atoms with E-state index in [4.69, 9.17) is 9.47 Å². The van der Waals surface area contributed by atoms with Gasteiger partial charge in [0.05, 0.1) is 42.4 Å². The van der Waals surface area contributed by atoms with Gasteiger partial charge in [-0.3, -0.25) is 4.57 Å². The van der Waals surface area contributed by atoms with Crippen LogP contribution in [0.3, 0.4) is 0 Å². The molecule has 0 spiro atoms. The van der Waals surface area contributed by atoms with Gasteiger partial charge in [0.2, 0.25) is 0 Å². The van der Waals surface area contributed by atoms with Crippen molar-refractivity contribution in [2.45, 2.75) is 13.5 Å². The van der Waals surface area contributed by atoms with E-state index in [1.165, 1.54) is 13.2 Å². The molecule has 26 heavy (non-hydrogen) atoms. The Morgan fingerprint density at radius 2 is 1.81 bits per heavy atom. The fourth-order valence-electron chi connectivity index (χ4n) is 2.67. The van der Waals surface area contributed by atoms with Gasteiger partial charge in [0.1, 0.15) is 0 Å². The van der Waals surface area contributed by atoms with Gasteiger partial charge in [-0.05, 0) is 42.8 Å². The third kappa shape index (κ3) is 3.37. The Labute approximate surface area is 149 Å². The molecule has 0 fully saturated rings. The van der Waals surface area contributed by atoms with Crippen molar-refractivity contribution >= 4 is 23.0 Å². The largest absolute Gasteiger partial charge is 0.478 e. The first-order valence-corrected chi connectivity index (χ1v) is 8.07. The Morgan fingerprint density at radius 3 is 2.42 bits per heavy atom. The number of carbonyl (C=O) groups is 2. The number of hydrogen-bond acceptors (Lipinski definition) is 5. The summed E-state index contributed by atoms with van der Waals surface area (Å²) in [5, 5.41) is 9.24. The van der Waals surface area contributed by atoms with Gasteiger partial charge in [0, 0.05) is 0 Å². The first-order chi connectivity index (χ1) is 12.5. The molecule has 1 N–H and O–H groups in total. The minimum Gasteiger partial charge on any atom is -0.478 e. The van der Waals surface area contributed by atoms with Crippen molar-refractivity contribution in [2.75, 3.05) is 13.7 Å². The predicted octanol–water partition coefficient (Wildman–Crippen LogP) is 2.97. The third-order valence-corrected chi connectivity index (χ3v) is 3.95. The molecule has 0 unspecified atom stereocenters. The second kappa shape index (κ2) is 7.26. The maximum atomic E-state index is 11.5. The second-order valence-corrected chi connectivity index (χ2v) is 5.61. The first kappa shape index (κ1) is 17.5. The highest BCUT2D eigenvalue weighted by molar-refractivity contribution is 5.92.